The Kier molecular flexibility index (Phi) is 6.38. The second-order valence-corrected chi connectivity index (χ2v) is 7.62. The summed E-state index contributed by atoms with van der Waals surface area (Å²) in [5, 5.41) is 11.8. The molecule has 0 bridgehead atoms. The summed E-state index contributed by atoms with van der Waals surface area (Å²) in [5.41, 5.74) is -0.295. The fraction of sp³-hybridized carbons (Fsp3) is 0.333. The number of carbonyl (C=O) groups excluding carboxylic acids is 2. The van der Waals surface area contributed by atoms with Gasteiger partial charge in [-0.3, -0.25) is 9.59 Å². The van der Waals surface area contributed by atoms with Gasteiger partial charge in [0.2, 0.25) is 0 Å². The van der Waals surface area contributed by atoms with E-state index in [1.165, 1.54) is 31.2 Å². The first-order valence-corrected chi connectivity index (χ1v) is 9.70. The monoisotopic (exact) mass is 440 g/mol. The van der Waals surface area contributed by atoms with Gasteiger partial charge >= 0.3 is 5.92 Å². The second-order valence-electron chi connectivity index (χ2n) is 7.21. The summed E-state index contributed by atoms with van der Waals surface area (Å²) in [6.07, 6.45) is -0.121. The average molecular weight is 441 g/mol. The van der Waals surface area contributed by atoms with Gasteiger partial charge in [0.15, 0.2) is 0 Å². The molecule has 1 fully saturated rings. The molecule has 0 aromatic heterocycles. The van der Waals surface area contributed by atoms with Crippen molar-refractivity contribution in [3.63, 3.8) is 0 Å². The molecule has 2 amide bonds. The first kappa shape index (κ1) is 22.1. The number of rotatable bonds is 4. The summed E-state index contributed by atoms with van der Waals surface area (Å²) in [6.45, 7) is 1.51. The van der Waals surface area contributed by atoms with Crippen LogP contribution in [0.4, 0.5) is 18.9 Å². The van der Waals surface area contributed by atoms with Crippen LogP contribution >= 0.6 is 11.6 Å². The Hall–Kier alpha value is -2.58. The van der Waals surface area contributed by atoms with Gasteiger partial charge in [0.05, 0.1) is 11.1 Å². The van der Waals surface area contributed by atoms with Gasteiger partial charge in [0.25, 0.3) is 11.8 Å². The maximum absolute atomic E-state index is 15.0. The average Bonchev–Trinajstić information content (AvgIpc) is 2.71. The van der Waals surface area contributed by atoms with E-state index in [1.807, 2.05) is 0 Å². The lowest BCUT2D eigenvalue weighted by atomic mass is 9.97. The lowest BCUT2D eigenvalue weighted by molar-refractivity contribution is -0.161. The number of hydrogen-bond donors (Lipinski definition) is 2. The van der Waals surface area contributed by atoms with Gasteiger partial charge in [-0.15, -0.1) is 0 Å². The van der Waals surface area contributed by atoms with E-state index >= 15 is 8.78 Å². The molecule has 30 heavy (non-hydrogen) atoms. The molecule has 0 atom stereocenters. The van der Waals surface area contributed by atoms with Crippen LogP contribution in [0.5, 0.6) is 0 Å². The standard InChI is InChI=1S/C21H20ClF3N2O3/c1-12-2-3-13(19(29)26-14-4-5-18(23)17(22)11-14)10-16(12)21(24,25)20(30)27-8-6-15(28)7-9-27/h2-5,10-11,15,28H,6-9H2,1H3,(H,26,29). The van der Waals surface area contributed by atoms with Crippen LogP contribution in [0, 0.1) is 12.7 Å². The highest BCUT2D eigenvalue weighted by atomic mass is 35.5. The number of halogens is 4. The van der Waals surface area contributed by atoms with Gasteiger partial charge in [0, 0.05) is 29.9 Å². The highest BCUT2D eigenvalue weighted by Gasteiger charge is 2.45. The van der Waals surface area contributed by atoms with E-state index in [1.54, 1.807) is 0 Å². The molecule has 5 nitrogen and oxygen atoms in total. The number of carbonyl (C=O) groups is 2. The number of likely N-dealkylation sites (tertiary alicyclic amines) is 1. The van der Waals surface area contributed by atoms with Crippen LogP contribution in [-0.2, 0) is 10.7 Å². The predicted octanol–water partition coefficient (Wildman–Crippen LogP) is 4.11. The first-order chi connectivity index (χ1) is 14.1. The van der Waals surface area contributed by atoms with E-state index in [9.17, 15) is 19.1 Å². The summed E-state index contributed by atoms with van der Waals surface area (Å²) in [5.74, 6) is -6.55. The van der Waals surface area contributed by atoms with Crippen molar-refractivity contribution in [3.8, 4) is 0 Å². The number of benzene rings is 2. The number of piperidine rings is 1. The Balaban J connectivity index is 1.83. The summed E-state index contributed by atoms with van der Waals surface area (Å²) in [7, 11) is 0. The van der Waals surface area contributed by atoms with E-state index in [0.717, 1.165) is 17.0 Å². The number of nitrogens with one attached hydrogen (secondary N) is 1. The highest BCUT2D eigenvalue weighted by Crippen LogP contribution is 2.34. The molecule has 0 radical (unpaired) electrons. The number of hydrogen-bond acceptors (Lipinski definition) is 3. The zero-order valence-corrected chi connectivity index (χ0v) is 16.8. The SMILES string of the molecule is Cc1ccc(C(=O)Nc2ccc(F)c(Cl)c2)cc1C(F)(F)C(=O)N1CCC(O)CC1. The number of aryl methyl sites for hydroxylation is 1. The van der Waals surface area contributed by atoms with Crippen LogP contribution in [0.2, 0.25) is 5.02 Å². The van der Waals surface area contributed by atoms with Gasteiger partial charge < -0.3 is 15.3 Å². The van der Waals surface area contributed by atoms with Crippen LogP contribution in [0.15, 0.2) is 36.4 Å². The minimum Gasteiger partial charge on any atom is -0.393 e. The quantitative estimate of drug-likeness (QED) is 0.751. The van der Waals surface area contributed by atoms with E-state index in [4.69, 9.17) is 11.6 Å². The Bertz CT molecular complexity index is 976. The molecule has 1 saturated heterocycles. The van der Waals surface area contributed by atoms with Crippen molar-refractivity contribution in [2.75, 3.05) is 18.4 Å². The van der Waals surface area contributed by atoms with Gasteiger partial charge in [-0.2, -0.15) is 8.78 Å². The van der Waals surface area contributed by atoms with E-state index < -0.39 is 35.2 Å². The van der Waals surface area contributed by atoms with Gasteiger partial charge in [-0.1, -0.05) is 17.7 Å². The van der Waals surface area contributed by atoms with E-state index in [0.29, 0.717) is 0 Å². The molecule has 9 heteroatoms. The first-order valence-electron chi connectivity index (χ1n) is 9.32. The Morgan fingerprint density at radius 2 is 1.83 bits per heavy atom. The summed E-state index contributed by atoms with van der Waals surface area (Å²) >= 11 is 5.68. The topological polar surface area (TPSA) is 69.6 Å². The molecule has 1 aliphatic heterocycles. The summed E-state index contributed by atoms with van der Waals surface area (Å²) in [4.78, 5) is 26.0. The molecule has 2 N–H and O–H groups in total. The number of aliphatic hydroxyl groups is 1. The van der Waals surface area contributed by atoms with Crippen molar-refractivity contribution in [1.82, 2.24) is 4.90 Å². The van der Waals surface area contributed by atoms with Crippen molar-refractivity contribution in [2.45, 2.75) is 31.8 Å². The van der Waals surface area contributed by atoms with Crippen LogP contribution in [0.3, 0.4) is 0 Å². The molecule has 3 rings (SSSR count). The smallest absolute Gasteiger partial charge is 0.350 e. The molecule has 1 heterocycles. The lowest BCUT2D eigenvalue weighted by Crippen LogP contribution is -2.47. The third kappa shape index (κ3) is 4.60. The highest BCUT2D eigenvalue weighted by molar-refractivity contribution is 6.31. The number of alkyl halides is 2. The molecular formula is C21H20ClF3N2O3. The number of anilines is 1. The van der Waals surface area contributed by atoms with Gasteiger partial charge in [0.1, 0.15) is 5.82 Å². The molecule has 160 valence electrons. The second kappa shape index (κ2) is 8.65. The minimum absolute atomic E-state index is 0.0418. The van der Waals surface area contributed by atoms with Gasteiger partial charge in [-0.05, 0) is 55.7 Å². The number of nitrogens with zero attached hydrogens (tertiary/aromatic N) is 1. The normalized spacial score (nSPS) is 15.2. The lowest BCUT2D eigenvalue weighted by Gasteiger charge is -2.32. The van der Waals surface area contributed by atoms with Crippen LogP contribution < -0.4 is 5.32 Å². The molecule has 0 saturated carbocycles. The molecule has 0 spiro atoms. The van der Waals surface area contributed by atoms with E-state index in [2.05, 4.69) is 5.32 Å². The summed E-state index contributed by atoms with van der Waals surface area (Å²) < 4.78 is 43.3. The van der Waals surface area contributed by atoms with E-state index in [-0.39, 0.29) is 47.8 Å². The Morgan fingerprint density at radius 3 is 2.47 bits per heavy atom. The van der Waals surface area contributed by atoms with Crippen molar-refractivity contribution in [2.24, 2.45) is 0 Å². The molecule has 2 aromatic carbocycles. The molecule has 0 unspecified atom stereocenters. The summed E-state index contributed by atoms with van der Waals surface area (Å²) in [6, 6.07) is 7.23. The van der Waals surface area contributed by atoms with Crippen molar-refractivity contribution in [3.05, 3.63) is 63.9 Å². The zero-order chi connectivity index (χ0) is 22.1. The molecule has 2 aromatic rings. The fourth-order valence-corrected chi connectivity index (χ4v) is 3.44. The fourth-order valence-electron chi connectivity index (χ4n) is 3.26. The van der Waals surface area contributed by atoms with Crippen molar-refractivity contribution in [1.29, 1.82) is 0 Å². The third-order valence-electron chi connectivity index (χ3n) is 5.04. The number of amides is 2. The number of aliphatic hydroxyl groups excluding tert-OH is 1. The largest absolute Gasteiger partial charge is 0.393 e. The third-order valence-corrected chi connectivity index (χ3v) is 5.33. The van der Waals surface area contributed by atoms with Gasteiger partial charge in [-0.25, -0.2) is 4.39 Å². The van der Waals surface area contributed by atoms with Crippen molar-refractivity contribution >= 4 is 29.1 Å². The van der Waals surface area contributed by atoms with Crippen molar-refractivity contribution < 1.29 is 27.9 Å². The maximum Gasteiger partial charge on any atom is 0.350 e. The molecule has 1 aliphatic rings. The molecular weight excluding hydrogens is 421 g/mol. The van der Waals surface area contributed by atoms with Crippen LogP contribution in [0.25, 0.3) is 0 Å². The Morgan fingerprint density at radius 1 is 1.17 bits per heavy atom. The molecule has 0 aliphatic carbocycles. The maximum atomic E-state index is 15.0. The predicted molar refractivity (Wildman–Crippen MR) is 106 cm³/mol. The minimum atomic E-state index is -3.83. The van der Waals surface area contributed by atoms with Crippen LogP contribution in [0.1, 0.15) is 34.3 Å². The van der Waals surface area contributed by atoms with Crippen LogP contribution in [-0.4, -0.2) is 41.0 Å². The Labute approximate surface area is 176 Å². The zero-order valence-electron chi connectivity index (χ0n) is 16.1.